The summed E-state index contributed by atoms with van der Waals surface area (Å²) in [7, 11) is 0. The first-order valence-electron chi connectivity index (χ1n) is 8.64. The van der Waals surface area contributed by atoms with E-state index >= 15 is 0 Å². The second kappa shape index (κ2) is 5.11. The molecular weight excluding hydrogens is 272 g/mol. The minimum Gasteiger partial charge on any atom is -0.550 e. The predicted molar refractivity (Wildman–Crippen MR) is 86.7 cm³/mol. The number of aliphatic carboxylic acids is 1. The van der Waals surface area contributed by atoms with Crippen molar-refractivity contribution in [2.45, 2.75) is 71.1 Å². The summed E-state index contributed by atoms with van der Waals surface area (Å²) in [5.74, 6) is -0.127. The Balaban J connectivity index is 2.08. The Morgan fingerprint density at radius 1 is 1.27 bits per heavy atom. The van der Waals surface area contributed by atoms with Gasteiger partial charge in [-0.3, -0.25) is 0 Å². The average Bonchev–Trinajstić information content (AvgIpc) is 2.46. The maximum atomic E-state index is 11.8. The van der Waals surface area contributed by atoms with Crippen LogP contribution in [0.2, 0.25) is 0 Å². The van der Waals surface area contributed by atoms with Crippen LogP contribution >= 0.6 is 0 Å². The lowest BCUT2D eigenvalue weighted by Gasteiger charge is -2.56. The Morgan fingerprint density at radius 3 is 2.64 bits per heavy atom. The first-order chi connectivity index (χ1) is 10.3. The molecule has 2 nitrogen and oxygen atoms in total. The highest BCUT2D eigenvalue weighted by molar-refractivity contribution is 5.73. The van der Waals surface area contributed by atoms with Crippen LogP contribution in [0, 0.1) is 11.3 Å². The van der Waals surface area contributed by atoms with Gasteiger partial charge in [0.2, 0.25) is 0 Å². The van der Waals surface area contributed by atoms with Crippen LogP contribution < -0.4 is 5.11 Å². The molecule has 0 radical (unpaired) electrons. The van der Waals surface area contributed by atoms with Crippen LogP contribution in [0.3, 0.4) is 0 Å². The molecule has 3 atom stereocenters. The van der Waals surface area contributed by atoms with Gasteiger partial charge < -0.3 is 9.90 Å². The second-order valence-electron chi connectivity index (χ2n) is 8.14. The van der Waals surface area contributed by atoms with Gasteiger partial charge in [-0.1, -0.05) is 52.3 Å². The molecule has 0 bridgehead atoms. The van der Waals surface area contributed by atoms with E-state index in [0.29, 0.717) is 5.92 Å². The maximum Gasteiger partial charge on any atom is 0.0476 e. The molecule has 0 unspecified atom stereocenters. The van der Waals surface area contributed by atoms with Gasteiger partial charge in [0.05, 0.1) is 0 Å². The molecule has 1 saturated carbocycles. The Hall–Kier alpha value is -1.31. The Morgan fingerprint density at radius 2 is 2.00 bits per heavy atom. The van der Waals surface area contributed by atoms with E-state index in [-0.39, 0.29) is 11.3 Å². The maximum absolute atomic E-state index is 11.8. The van der Waals surface area contributed by atoms with Crippen LogP contribution in [0.5, 0.6) is 0 Å². The zero-order valence-electron chi connectivity index (χ0n) is 14.2. The predicted octanol–water partition coefficient (Wildman–Crippen LogP) is 3.57. The average molecular weight is 299 g/mol. The summed E-state index contributed by atoms with van der Waals surface area (Å²) >= 11 is 0. The van der Waals surface area contributed by atoms with Gasteiger partial charge in [0, 0.05) is 11.4 Å². The van der Waals surface area contributed by atoms with Gasteiger partial charge in [-0.25, -0.2) is 0 Å². The molecule has 2 heteroatoms. The van der Waals surface area contributed by atoms with Crippen LogP contribution in [0.15, 0.2) is 18.2 Å². The topological polar surface area (TPSA) is 40.1 Å². The first-order valence-corrected chi connectivity index (χ1v) is 8.64. The summed E-state index contributed by atoms with van der Waals surface area (Å²) in [4.78, 5) is 11.8. The van der Waals surface area contributed by atoms with Gasteiger partial charge in [0.15, 0.2) is 0 Å². The molecular formula is C20H27O2-. The fraction of sp³-hybridized carbons (Fsp3) is 0.650. The molecule has 1 fully saturated rings. The molecule has 0 aromatic heterocycles. The molecule has 120 valence electrons. The molecule has 1 aromatic rings. The monoisotopic (exact) mass is 299 g/mol. The van der Waals surface area contributed by atoms with E-state index < -0.39 is 11.4 Å². The van der Waals surface area contributed by atoms with Crippen molar-refractivity contribution in [1.82, 2.24) is 0 Å². The van der Waals surface area contributed by atoms with Gasteiger partial charge in [-0.05, 0) is 59.6 Å². The van der Waals surface area contributed by atoms with Crippen LogP contribution in [-0.4, -0.2) is 5.97 Å². The van der Waals surface area contributed by atoms with Crippen molar-refractivity contribution in [1.29, 1.82) is 0 Å². The van der Waals surface area contributed by atoms with Crippen molar-refractivity contribution in [2.24, 2.45) is 11.3 Å². The number of benzene rings is 1. The molecule has 0 spiro atoms. The van der Waals surface area contributed by atoms with Crippen molar-refractivity contribution >= 4 is 5.97 Å². The molecule has 2 aliphatic carbocycles. The third kappa shape index (κ3) is 2.11. The van der Waals surface area contributed by atoms with E-state index in [1.807, 2.05) is 6.92 Å². The van der Waals surface area contributed by atoms with Gasteiger partial charge in [-0.2, -0.15) is 0 Å². The van der Waals surface area contributed by atoms with Gasteiger partial charge in [0.1, 0.15) is 0 Å². The number of carbonyl (C=O) groups excluding carboxylic acids is 1. The summed E-state index contributed by atoms with van der Waals surface area (Å²) < 4.78 is 0. The second-order valence-corrected chi connectivity index (χ2v) is 8.14. The van der Waals surface area contributed by atoms with Crippen molar-refractivity contribution < 1.29 is 9.90 Å². The highest BCUT2D eigenvalue weighted by atomic mass is 16.4. The summed E-state index contributed by atoms with van der Waals surface area (Å²) in [6.45, 7) is 8.65. The van der Waals surface area contributed by atoms with E-state index in [1.54, 1.807) is 0 Å². The Bertz CT molecular complexity index is 604. The third-order valence-corrected chi connectivity index (χ3v) is 6.51. The molecule has 0 heterocycles. The Kier molecular flexibility index (Phi) is 3.62. The lowest BCUT2D eigenvalue weighted by molar-refractivity contribution is -0.324. The zero-order valence-corrected chi connectivity index (χ0v) is 14.2. The number of carboxylic acid groups (broad SMARTS) is 1. The number of carboxylic acids is 1. The SMILES string of the molecule is CC(C)c1ccc2c(c1)CC[C@H]1[C@](C)(C(=O)[O-])CCC[C@]21C. The number of rotatable bonds is 2. The van der Waals surface area contributed by atoms with Crippen LogP contribution in [-0.2, 0) is 16.6 Å². The van der Waals surface area contributed by atoms with Gasteiger partial charge >= 0.3 is 0 Å². The van der Waals surface area contributed by atoms with Crippen molar-refractivity contribution in [3.8, 4) is 0 Å². The smallest absolute Gasteiger partial charge is 0.0476 e. The van der Waals surface area contributed by atoms with E-state index in [2.05, 4.69) is 39.0 Å². The minimum absolute atomic E-state index is 0.0177. The fourth-order valence-electron chi connectivity index (χ4n) is 5.11. The highest BCUT2D eigenvalue weighted by Crippen LogP contribution is 2.57. The number of carbonyl (C=O) groups is 1. The normalized spacial score (nSPS) is 34.1. The summed E-state index contributed by atoms with van der Waals surface area (Å²) in [6.07, 6.45) is 4.79. The Labute approximate surface area is 133 Å². The number of hydrogen-bond donors (Lipinski definition) is 0. The molecule has 3 rings (SSSR count). The van der Waals surface area contributed by atoms with Gasteiger partial charge in [0.25, 0.3) is 0 Å². The summed E-state index contributed by atoms with van der Waals surface area (Å²) in [6, 6.07) is 6.87. The van der Waals surface area contributed by atoms with Crippen LogP contribution in [0.25, 0.3) is 0 Å². The molecule has 2 aliphatic rings. The van der Waals surface area contributed by atoms with Crippen molar-refractivity contribution in [3.63, 3.8) is 0 Å². The number of fused-ring (bicyclic) bond motifs is 3. The molecule has 0 N–H and O–H groups in total. The minimum atomic E-state index is -0.856. The quantitative estimate of drug-likeness (QED) is 0.837. The van der Waals surface area contributed by atoms with E-state index in [1.165, 1.54) is 16.7 Å². The fourth-order valence-corrected chi connectivity index (χ4v) is 5.11. The molecule has 0 aliphatic heterocycles. The molecule has 0 amide bonds. The lowest BCUT2D eigenvalue weighted by Crippen LogP contribution is -2.56. The third-order valence-electron chi connectivity index (χ3n) is 6.51. The lowest BCUT2D eigenvalue weighted by atomic mass is 9.50. The standard InChI is InChI=1S/C20H28O2/c1-13(2)14-6-8-16-15(12-14)7-9-17-19(16,3)10-5-11-20(17,4)18(21)22/h6,8,12-13,17H,5,7,9-11H2,1-4H3,(H,21,22)/p-1/t17-,19-,20-/m1/s1. The molecule has 22 heavy (non-hydrogen) atoms. The van der Waals surface area contributed by atoms with Crippen molar-refractivity contribution in [3.05, 3.63) is 34.9 Å². The molecule has 0 saturated heterocycles. The molecule has 1 aromatic carbocycles. The van der Waals surface area contributed by atoms with Gasteiger partial charge in [-0.15, -0.1) is 0 Å². The van der Waals surface area contributed by atoms with Crippen LogP contribution in [0.1, 0.15) is 76.0 Å². The number of aryl methyl sites for hydroxylation is 1. The summed E-state index contributed by atoms with van der Waals surface area (Å²) in [5, 5.41) is 11.8. The van der Waals surface area contributed by atoms with E-state index in [0.717, 1.165) is 32.1 Å². The number of hydrogen-bond acceptors (Lipinski definition) is 2. The summed E-state index contributed by atoms with van der Waals surface area (Å²) in [5.41, 5.74) is 3.52. The van der Waals surface area contributed by atoms with E-state index in [9.17, 15) is 9.90 Å². The van der Waals surface area contributed by atoms with Crippen LogP contribution in [0.4, 0.5) is 0 Å². The zero-order chi connectivity index (χ0) is 16.1. The first kappa shape index (κ1) is 15.6. The van der Waals surface area contributed by atoms with Crippen molar-refractivity contribution in [2.75, 3.05) is 0 Å². The van der Waals surface area contributed by atoms with E-state index in [4.69, 9.17) is 0 Å². The largest absolute Gasteiger partial charge is 0.550 e. The highest BCUT2D eigenvalue weighted by Gasteiger charge is 2.52.